The molecule has 0 aromatic heterocycles. The van der Waals surface area contributed by atoms with Crippen molar-refractivity contribution in [2.45, 2.75) is 32.5 Å². The van der Waals surface area contributed by atoms with Crippen LogP contribution in [-0.4, -0.2) is 16.9 Å². The molecule has 1 aromatic carbocycles. The van der Waals surface area contributed by atoms with Crippen LogP contribution in [-0.2, 0) is 16.0 Å². The summed E-state index contributed by atoms with van der Waals surface area (Å²) in [5.41, 5.74) is 0.947. The average Bonchev–Trinajstić information content (AvgIpc) is 2.18. The van der Waals surface area contributed by atoms with E-state index < -0.39 is 11.8 Å². The molecule has 0 bridgehead atoms. The number of hydrogen-bond acceptors (Lipinski definition) is 3. The van der Waals surface area contributed by atoms with E-state index >= 15 is 0 Å². The minimum atomic E-state index is -1.38. The van der Waals surface area contributed by atoms with E-state index in [1.165, 1.54) is 6.92 Å². The standard InChI is InChI=1S/C12H16O3/c1-3-12(14,15-10(2)13)9-11-7-5-4-6-8-11/h4-8,14H,3,9H2,1-2H3/t12-/m1/s1. The molecule has 15 heavy (non-hydrogen) atoms. The Bertz CT molecular complexity index is 321. The summed E-state index contributed by atoms with van der Waals surface area (Å²) in [4.78, 5) is 10.8. The zero-order chi connectivity index (χ0) is 11.3. The van der Waals surface area contributed by atoms with Crippen LogP contribution in [0.25, 0.3) is 0 Å². The van der Waals surface area contributed by atoms with E-state index in [-0.39, 0.29) is 0 Å². The second kappa shape index (κ2) is 4.94. The van der Waals surface area contributed by atoms with E-state index in [2.05, 4.69) is 0 Å². The van der Waals surface area contributed by atoms with Crippen molar-refractivity contribution >= 4 is 5.97 Å². The molecule has 0 heterocycles. The third kappa shape index (κ3) is 3.72. The molecule has 3 nitrogen and oxygen atoms in total. The van der Waals surface area contributed by atoms with Crippen LogP contribution >= 0.6 is 0 Å². The van der Waals surface area contributed by atoms with Crippen LogP contribution in [0.2, 0.25) is 0 Å². The molecule has 0 spiro atoms. The molecule has 1 rings (SSSR count). The van der Waals surface area contributed by atoms with Crippen molar-refractivity contribution in [3.05, 3.63) is 35.9 Å². The number of rotatable bonds is 4. The van der Waals surface area contributed by atoms with Gasteiger partial charge in [0.2, 0.25) is 5.79 Å². The summed E-state index contributed by atoms with van der Waals surface area (Å²) in [6.45, 7) is 3.08. The SMILES string of the molecule is CC[C@](O)(Cc1ccccc1)OC(C)=O. The molecular weight excluding hydrogens is 192 g/mol. The van der Waals surface area contributed by atoms with Crippen LogP contribution < -0.4 is 0 Å². The van der Waals surface area contributed by atoms with Crippen molar-refractivity contribution in [2.75, 3.05) is 0 Å². The lowest BCUT2D eigenvalue weighted by Crippen LogP contribution is -2.35. The average molecular weight is 208 g/mol. The van der Waals surface area contributed by atoms with Gasteiger partial charge in [0.05, 0.1) is 0 Å². The van der Waals surface area contributed by atoms with Gasteiger partial charge in [0.15, 0.2) is 0 Å². The molecule has 0 saturated carbocycles. The molecule has 0 saturated heterocycles. The van der Waals surface area contributed by atoms with Crippen LogP contribution in [0.4, 0.5) is 0 Å². The summed E-state index contributed by atoms with van der Waals surface area (Å²) in [5, 5.41) is 10.0. The second-order valence-corrected chi connectivity index (χ2v) is 3.56. The highest BCUT2D eigenvalue weighted by molar-refractivity contribution is 5.66. The van der Waals surface area contributed by atoms with Gasteiger partial charge in [-0.1, -0.05) is 37.3 Å². The molecule has 0 fully saturated rings. The van der Waals surface area contributed by atoms with Crippen molar-refractivity contribution in [3.63, 3.8) is 0 Å². The summed E-state index contributed by atoms with van der Waals surface area (Å²) in [7, 11) is 0. The maximum absolute atomic E-state index is 10.8. The Hall–Kier alpha value is -1.35. The van der Waals surface area contributed by atoms with E-state index in [4.69, 9.17) is 4.74 Å². The monoisotopic (exact) mass is 208 g/mol. The van der Waals surface area contributed by atoms with Crippen molar-refractivity contribution in [2.24, 2.45) is 0 Å². The fourth-order valence-electron chi connectivity index (χ4n) is 1.42. The first kappa shape index (κ1) is 11.7. The van der Waals surface area contributed by atoms with Crippen LogP contribution in [0.1, 0.15) is 25.8 Å². The molecule has 3 heteroatoms. The maximum atomic E-state index is 10.8. The highest BCUT2D eigenvalue weighted by Gasteiger charge is 2.28. The molecule has 0 unspecified atom stereocenters. The molecule has 82 valence electrons. The molecule has 1 atom stereocenters. The van der Waals surface area contributed by atoms with Crippen LogP contribution in [0.3, 0.4) is 0 Å². The highest BCUT2D eigenvalue weighted by atomic mass is 16.7. The lowest BCUT2D eigenvalue weighted by molar-refractivity contribution is -0.207. The van der Waals surface area contributed by atoms with Gasteiger partial charge in [-0.15, -0.1) is 0 Å². The predicted octanol–water partition coefficient (Wildman–Crippen LogP) is 1.89. The fourth-order valence-corrected chi connectivity index (χ4v) is 1.42. The first-order chi connectivity index (χ1) is 7.06. The van der Waals surface area contributed by atoms with E-state index in [9.17, 15) is 9.90 Å². The fraction of sp³-hybridized carbons (Fsp3) is 0.417. The lowest BCUT2D eigenvalue weighted by Gasteiger charge is -2.26. The molecule has 0 radical (unpaired) electrons. The summed E-state index contributed by atoms with van der Waals surface area (Å²) in [6, 6.07) is 9.47. The highest BCUT2D eigenvalue weighted by Crippen LogP contribution is 2.18. The largest absolute Gasteiger partial charge is 0.433 e. The molecule has 0 aliphatic heterocycles. The zero-order valence-electron chi connectivity index (χ0n) is 9.06. The number of hydrogen-bond donors (Lipinski definition) is 1. The Labute approximate surface area is 89.7 Å². The Morgan fingerprint density at radius 2 is 2.00 bits per heavy atom. The van der Waals surface area contributed by atoms with Gasteiger partial charge < -0.3 is 9.84 Å². The number of carbonyl (C=O) groups is 1. The Morgan fingerprint density at radius 3 is 2.47 bits per heavy atom. The van der Waals surface area contributed by atoms with Gasteiger partial charge in [-0.2, -0.15) is 0 Å². The van der Waals surface area contributed by atoms with E-state index in [1.54, 1.807) is 6.92 Å². The topological polar surface area (TPSA) is 46.5 Å². The van der Waals surface area contributed by atoms with Crippen LogP contribution in [0.5, 0.6) is 0 Å². The molecule has 1 aromatic rings. The van der Waals surface area contributed by atoms with Crippen molar-refractivity contribution in [3.8, 4) is 0 Å². The van der Waals surface area contributed by atoms with Gasteiger partial charge in [0, 0.05) is 19.8 Å². The summed E-state index contributed by atoms with van der Waals surface area (Å²) >= 11 is 0. The second-order valence-electron chi connectivity index (χ2n) is 3.56. The van der Waals surface area contributed by atoms with E-state index in [0.29, 0.717) is 12.8 Å². The number of carbonyl (C=O) groups excluding carboxylic acids is 1. The van der Waals surface area contributed by atoms with Crippen molar-refractivity contribution in [1.29, 1.82) is 0 Å². The van der Waals surface area contributed by atoms with E-state index in [0.717, 1.165) is 5.56 Å². The first-order valence-electron chi connectivity index (χ1n) is 5.01. The van der Waals surface area contributed by atoms with Crippen LogP contribution in [0, 0.1) is 0 Å². The molecule has 0 aliphatic rings. The van der Waals surface area contributed by atoms with Gasteiger partial charge >= 0.3 is 5.97 Å². The van der Waals surface area contributed by atoms with E-state index in [1.807, 2.05) is 30.3 Å². The third-order valence-electron chi connectivity index (χ3n) is 2.21. The molecule has 1 N–H and O–H groups in total. The van der Waals surface area contributed by atoms with Gasteiger partial charge in [0.25, 0.3) is 0 Å². The number of esters is 1. The summed E-state index contributed by atoms with van der Waals surface area (Å²) in [5.74, 6) is -1.84. The summed E-state index contributed by atoms with van der Waals surface area (Å²) in [6.07, 6.45) is 0.700. The Balaban J connectivity index is 2.72. The predicted molar refractivity (Wildman–Crippen MR) is 57.2 cm³/mol. The quantitative estimate of drug-likeness (QED) is 0.607. The number of benzene rings is 1. The minimum Gasteiger partial charge on any atom is -0.433 e. The third-order valence-corrected chi connectivity index (χ3v) is 2.21. The van der Waals surface area contributed by atoms with Gasteiger partial charge in [-0.25, -0.2) is 0 Å². The zero-order valence-corrected chi connectivity index (χ0v) is 9.06. The van der Waals surface area contributed by atoms with Gasteiger partial charge in [-0.05, 0) is 5.56 Å². The Kier molecular flexibility index (Phi) is 3.86. The number of aliphatic hydroxyl groups is 1. The first-order valence-corrected chi connectivity index (χ1v) is 5.01. The minimum absolute atomic E-state index is 0.323. The smallest absolute Gasteiger partial charge is 0.305 e. The number of ether oxygens (including phenoxy) is 1. The lowest BCUT2D eigenvalue weighted by atomic mass is 10.0. The molecule has 0 aliphatic carbocycles. The molecular formula is C12H16O3. The van der Waals surface area contributed by atoms with Crippen LogP contribution in [0.15, 0.2) is 30.3 Å². The molecule has 0 amide bonds. The van der Waals surface area contributed by atoms with Crippen molar-refractivity contribution < 1.29 is 14.6 Å². The normalized spacial score (nSPS) is 14.3. The van der Waals surface area contributed by atoms with Gasteiger partial charge in [0.1, 0.15) is 0 Å². The summed E-state index contributed by atoms with van der Waals surface area (Å²) < 4.78 is 4.91. The Morgan fingerprint density at radius 1 is 1.40 bits per heavy atom. The maximum Gasteiger partial charge on any atom is 0.305 e. The van der Waals surface area contributed by atoms with Gasteiger partial charge in [-0.3, -0.25) is 4.79 Å². The van der Waals surface area contributed by atoms with Crippen molar-refractivity contribution in [1.82, 2.24) is 0 Å².